The van der Waals surface area contributed by atoms with Crippen LogP contribution in [-0.2, 0) is 19.1 Å². The molecule has 1 atom stereocenters. The maximum atomic E-state index is 12.2. The summed E-state index contributed by atoms with van der Waals surface area (Å²) in [5, 5.41) is 9.58. The van der Waals surface area contributed by atoms with E-state index in [1.54, 1.807) is 0 Å². The van der Waals surface area contributed by atoms with Gasteiger partial charge in [-0.15, -0.1) is 0 Å². The minimum atomic E-state index is -0.784. The molecule has 0 fully saturated rings. The number of aliphatic hydroxyl groups excluding tert-OH is 1. The highest BCUT2D eigenvalue weighted by atomic mass is 16.6. The van der Waals surface area contributed by atoms with Gasteiger partial charge < -0.3 is 14.6 Å². The van der Waals surface area contributed by atoms with Gasteiger partial charge >= 0.3 is 11.9 Å². The summed E-state index contributed by atoms with van der Waals surface area (Å²) < 4.78 is 10.6. The van der Waals surface area contributed by atoms with Gasteiger partial charge in [0, 0.05) is 12.8 Å². The molecule has 0 spiro atoms. The first-order chi connectivity index (χ1) is 25.6. The van der Waals surface area contributed by atoms with E-state index in [0.717, 1.165) is 83.5 Å². The van der Waals surface area contributed by atoms with Crippen LogP contribution in [0.4, 0.5) is 0 Å². The van der Waals surface area contributed by atoms with Crippen molar-refractivity contribution in [2.75, 3.05) is 13.2 Å². The van der Waals surface area contributed by atoms with Crippen LogP contribution in [0.2, 0.25) is 0 Å². The van der Waals surface area contributed by atoms with Gasteiger partial charge in [0.25, 0.3) is 0 Å². The molecule has 0 aromatic rings. The van der Waals surface area contributed by atoms with E-state index >= 15 is 0 Å². The van der Waals surface area contributed by atoms with Crippen molar-refractivity contribution in [3.63, 3.8) is 0 Å². The fourth-order valence-corrected chi connectivity index (χ4v) is 5.75. The van der Waals surface area contributed by atoms with E-state index in [9.17, 15) is 14.7 Å². The van der Waals surface area contributed by atoms with Gasteiger partial charge in [-0.05, 0) is 83.5 Å². The zero-order chi connectivity index (χ0) is 37.8. The van der Waals surface area contributed by atoms with Crippen LogP contribution >= 0.6 is 0 Å². The van der Waals surface area contributed by atoms with Gasteiger partial charge in [-0.3, -0.25) is 9.59 Å². The third-order valence-corrected chi connectivity index (χ3v) is 8.98. The molecular formula is C47H80O5. The molecule has 5 nitrogen and oxygen atoms in total. The lowest BCUT2D eigenvalue weighted by Gasteiger charge is -2.15. The molecule has 1 N–H and O–H groups in total. The lowest BCUT2D eigenvalue weighted by Crippen LogP contribution is -2.28. The molecule has 298 valence electrons. The number of hydrogen-bond donors (Lipinski definition) is 1. The summed E-state index contributed by atoms with van der Waals surface area (Å²) in [7, 11) is 0. The molecule has 0 radical (unpaired) electrons. The standard InChI is InChI=1S/C47H80O5/c1-3-5-7-9-11-13-15-17-19-20-21-22-23-24-25-26-28-30-32-34-36-38-40-42-47(50)52-45(43-48)44-51-46(49)41-39-37-35-33-31-29-27-18-16-14-12-10-8-6-4-2/h5,7,11,13,17-19,21-22,24-25,27,45,48H,3-4,6,8-10,12,14-16,20,23,26,28-44H2,1-2H3/b7-5-,13-11-,19-17-,22-21-,25-24-,27-18-. The number of ether oxygens (including phenoxy) is 2. The van der Waals surface area contributed by atoms with Crippen molar-refractivity contribution in [1.82, 2.24) is 0 Å². The van der Waals surface area contributed by atoms with Gasteiger partial charge in [0.1, 0.15) is 6.61 Å². The molecule has 0 aromatic carbocycles. The molecule has 0 aliphatic rings. The van der Waals surface area contributed by atoms with Crippen LogP contribution in [0.1, 0.15) is 194 Å². The summed E-state index contributed by atoms with van der Waals surface area (Å²) in [6, 6.07) is 0. The van der Waals surface area contributed by atoms with Crippen LogP contribution in [0.25, 0.3) is 0 Å². The normalized spacial score (nSPS) is 12.9. The van der Waals surface area contributed by atoms with E-state index in [1.807, 2.05) is 0 Å². The Morgan fingerprint density at radius 1 is 0.462 bits per heavy atom. The lowest BCUT2D eigenvalue weighted by atomic mass is 10.1. The zero-order valence-corrected chi connectivity index (χ0v) is 33.8. The molecule has 1 unspecified atom stereocenters. The predicted molar refractivity (Wildman–Crippen MR) is 223 cm³/mol. The average Bonchev–Trinajstić information content (AvgIpc) is 3.15. The van der Waals surface area contributed by atoms with Gasteiger partial charge in [0.2, 0.25) is 0 Å². The van der Waals surface area contributed by atoms with Crippen LogP contribution in [-0.4, -0.2) is 36.4 Å². The molecule has 0 saturated heterocycles. The van der Waals surface area contributed by atoms with Crippen LogP contribution in [0.5, 0.6) is 0 Å². The Hall–Kier alpha value is -2.66. The number of esters is 2. The average molecular weight is 725 g/mol. The summed E-state index contributed by atoms with van der Waals surface area (Å²) in [5.41, 5.74) is 0. The summed E-state index contributed by atoms with van der Waals surface area (Å²) in [6.07, 6.45) is 56.8. The minimum absolute atomic E-state index is 0.0776. The molecule has 0 heterocycles. The highest BCUT2D eigenvalue weighted by Crippen LogP contribution is 2.13. The monoisotopic (exact) mass is 725 g/mol. The minimum Gasteiger partial charge on any atom is -0.462 e. The van der Waals surface area contributed by atoms with Crippen molar-refractivity contribution in [1.29, 1.82) is 0 Å². The Bertz CT molecular complexity index is 957. The summed E-state index contributed by atoms with van der Waals surface area (Å²) in [6.45, 7) is 4.00. The van der Waals surface area contributed by atoms with Crippen molar-refractivity contribution in [2.24, 2.45) is 0 Å². The number of carbonyl (C=O) groups is 2. The Balaban J connectivity index is 3.60. The number of aliphatic hydroxyl groups is 1. The second-order valence-corrected chi connectivity index (χ2v) is 14.0. The molecule has 0 aromatic heterocycles. The Morgan fingerprint density at radius 3 is 1.27 bits per heavy atom. The van der Waals surface area contributed by atoms with Crippen molar-refractivity contribution < 1.29 is 24.2 Å². The first kappa shape index (κ1) is 49.3. The first-order valence-electron chi connectivity index (χ1n) is 21.5. The van der Waals surface area contributed by atoms with Crippen LogP contribution in [0, 0.1) is 0 Å². The van der Waals surface area contributed by atoms with Crippen molar-refractivity contribution in [3.8, 4) is 0 Å². The summed E-state index contributed by atoms with van der Waals surface area (Å²) >= 11 is 0. The van der Waals surface area contributed by atoms with Gasteiger partial charge in [-0.1, -0.05) is 170 Å². The highest BCUT2D eigenvalue weighted by Gasteiger charge is 2.16. The van der Waals surface area contributed by atoms with E-state index in [0.29, 0.717) is 12.8 Å². The summed E-state index contributed by atoms with van der Waals surface area (Å²) in [4.78, 5) is 24.3. The fraction of sp³-hybridized carbons (Fsp3) is 0.702. The van der Waals surface area contributed by atoms with Gasteiger partial charge in [0.15, 0.2) is 6.10 Å². The third kappa shape index (κ3) is 40.1. The van der Waals surface area contributed by atoms with Crippen LogP contribution < -0.4 is 0 Å². The molecule has 0 aliphatic heterocycles. The highest BCUT2D eigenvalue weighted by molar-refractivity contribution is 5.70. The van der Waals surface area contributed by atoms with Crippen LogP contribution in [0.15, 0.2) is 72.9 Å². The summed E-state index contributed by atoms with van der Waals surface area (Å²) in [5.74, 6) is -0.616. The second-order valence-electron chi connectivity index (χ2n) is 14.0. The van der Waals surface area contributed by atoms with E-state index in [-0.39, 0.29) is 25.2 Å². The quantitative estimate of drug-likeness (QED) is 0.0390. The van der Waals surface area contributed by atoms with E-state index in [1.165, 1.54) is 83.5 Å². The Labute approximate surface area is 321 Å². The smallest absolute Gasteiger partial charge is 0.306 e. The molecule has 0 rings (SSSR count). The first-order valence-corrected chi connectivity index (χ1v) is 21.5. The van der Waals surface area contributed by atoms with Crippen molar-refractivity contribution >= 4 is 11.9 Å². The lowest BCUT2D eigenvalue weighted by molar-refractivity contribution is -0.161. The van der Waals surface area contributed by atoms with Crippen molar-refractivity contribution in [3.05, 3.63) is 72.9 Å². The molecule has 0 bridgehead atoms. The number of allylic oxidation sites excluding steroid dienone is 12. The maximum absolute atomic E-state index is 12.2. The van der Waals surface area contributed by atoms with Crippen molar-refractivity contribution in [2.45, 2.75) is 200 Å². The zero-order valence-electron chi connectivity index (χ0n) is 33.8. The van der Waals surface area contributed by atoms with E-state index in [2.05, 4.69) is 86.8 Å². The Morgan fingerprint density at radius 2 is 0.827 bits per heavy atom. The van der Waals surface area contributed by atoms with Gasteiger partial charge in [-0.2, -0.15) is 0 Å². The SMILES string of the molecule is CC/C=C\C/C=C\C/C=C\C/C=C\C/C=C\CCCCCCCCCC(=O)OC(CO)COC(=O)CCCCCCC/C=C\CCCCCCCC. The Kier molecular flexibility index (Phi) is 40.6. The molecule has 52 heavy (non-hydrogen) atoms. The predicted octanol–water partition coefficient (Wildman–Crippen LogP) is 13.7. The van der Waals surface area contributed by atoms with Crippen LogP contribution in [0.3, 0.4) is 0 Å². The van der Waals surface area contributed by atoms with Gasteiger partial charge in [-0.25, -0.2) is 0 Å². The topological polar surface area (TPSA) is 72.8 Å². The molecule has 0 amide bonds. The molecule has 0 saturated carbocycles. The van der Waals surface area contributed by atoms with Gasteiger partial charge in [0.05, 0.1) is 6.61 Å². The second kappa shape index (κ2) is 42.8. The molecule has 0 aliphatic carbocycles. The van der Waals surface area contributed by atoms with E-state index < -0.39 is 6.10 Å². The number of unbranched alkanes of at least 4 members (excludes halogenated alkanes) is 18. The molecular weight excluding hydrogens is 645 g/mol. The maximum Gasteiger partial charge on any atom is 0.306 e. The third-order valence-electron chi connectivity index (χ3n) is 8.98. The molecule has 5 heteroatoms. The number of rotatable bonds is 38. The van der Waals surface area contributed by atoms with E-state index in [4.69, 9.17) is 9.47 Å². The number of hydrogen-bond acceptors (Lipinski definition) is 5. The largest absolute Gasteiger partial charge is 0.462 e. The fourth-order valence-electron chi connectivity index (χ4n) is 5.75. The number of carbonyl (C=O) groups excluding carboxylic acids is 2.